The maximum absolute atomic E-state index is 12.1. The largest absolute Gasteiger partial charge is 0.471 e. The highest BCUT2D eigenvalue weighted by molar-refractivity contribution is 5.84. The first-order chi connectivity index (χ1) is 7.80. The van der Waals surface area contributed by atoms with Crippen molar-refractivity contribution in [2.45, 2.75) is 31.5 Å². The van der Waals surface area contributed by atoms with Gasteiger partial charge in [-0.3, -0.25) is 9.59 Å². The minimum Gasteiger partial charge on any atom is -0.369 e. The summed E-state index contributed by atoms with van der Waals surface area (Å²) in [5.74, 6) is -3.29. The molecule has 0 radical (unpaired) electrons. The fraction of sp³-hybridized carbons (Fsp3) is 0.800. The van der Waals surface area contributed by atoms with Crippen LogP contribution in [0.25, 0.3) is 0 Å². The van der Waals surface area contributed by atoms with Gasteiger partial charge >= 0.3 is 12.1 Å². The zero-order valence-electron chi connectivity index (χ0n) is 8.96. The predicted octanol–water partition coefficient (Wildman–Crippen LogP) is 0.565. The monoisotopic (exact) mass is 250 g/mol. The maximum atomic E-state index is 12.1. The van der Waals surface area contributed by atoms with Crippen molar-refractivity contribution in [3.8, 4) is 0 Å². The molecule has 2 amide bonds. The molecule has 4 atom stereocenters. The number of fused-ring (bicyclic) bond motifs is 2. The van der Waals surface area contributed by atoms with Crippen LogP contribution in [0.3, 0.4) is 0 Å². The Balaban J connectivity index is 2.10. The number of rotatable bonds is 2. The summed E-state index contributed by atoms with van der Waals surface area (Å²) in [6.07, 6.45) is -2.69. The standard InChI is InChI=1S/C10H13F3N2O2/c11-10(12,13)9(17)15-7-5-2-1-4(3-5)6(7)8(14)16/h4-7H,1-3H2,(H2,14,16)(H,15,17). The second kappa shape index (κ2) is 3.89. The quantitative estimate of drug-likeness (QED) is 0.751. The summed E-state index contributed by atoms with van der Waals surface area (Å²) in [4.78, 5) is 22.1. The van der Waals surface area contributed by atoms with Gasteiger partial charge in [0, 0.05) is 6.04 Å². The lowest BCUT2D eigenvalue weighted by molar-refractivity contribution is -0.175. The van der Waals surface area contributed by atoms with E-state index in [0.717, 1.165) is 12.8 Å². The number of carbonyl (C=O) groups is 2. The van der Waals surface area contributed by atoms with E-state index < -0.39 is 30.0 Å². The summed E-state index contributed by atoms with van der Waals surface area (Å²) in [5, 5.41) is 1.92. The van der Waals surface area contributed by atoms with E-state index in [-0.39, 0.29) is 11.8 Å². The summed E-state index contributed by atoms with van der Waals surface area (Å²) in [6.45, 7) is 0. The second-order valence-electron chi connectivity index (χ2n) is 4.76. The Kier molecular flexibility index (Phi) is 2.79. The van der Waals surface area contributed by atoms with Crippen LogP contribution < -0.4 is 11.1 Å². The first-order valence-corrected chi connectivity index (χ1v) is 5.47. The van der Waals surface area contributed by atoms with Crippen LogP contribution in [0, 0.1) is 17.8 Å². The molecule has 0 aliphatic heterocycles. The van der Waals surface area contributed by atoms with Gasteiger partial charge in [-0.25, -0.2) is 0 Å². The lowest BCUT2D eigenvalue weighted by Crippen LogP contribution is -2.52. The molecule has 0 aromatic carbocycles. The highest BCUT2D eigenvalue weighted by Crippen LogP contribution is 2.48. The molecule has 2 rings (SSSR count). The maximum Gasteiger partial charge on any atom is 0.471 e. The molecule has 4 unspecified atom stereocenters. The lowest BCUT2D eigenvalue weighted by Gasteiger charge is -2.29. The molecule has 17 heavy (non-hydrogen) atoms. The van der Waals surface area contributed by atoms with Gasteiger partial charge in [-0.05, 0) is 31.1 Å². The molecule has 96 valence electrons. The predicted molar refractivity (Wildman–Crippen MR) is 51.5 cm³/mol. The third kappa shape index (κ3) is 2.10. The number of alkyl halides is 3. The van der Waals surface area contributed by atoms with E-state index in [1.807, 2.05) is 5.32 Å². The zero-order valence-corrected chi connectivity index (χ0v) is 8.96. The van der Waals surface area contributed by atoms with Crippen LogP contribution in [0.15, 0.2) is 0 Å². The van der Waals surface area contributed by atoms with Gasteiger partial charge in [0.15, 0.2) is 0 Å². The van der Waals surface area contributed by atoms with Crippen molar-refractivity contribution in [3.63, 3.8) is 0 Å². The lowest BCUT2D eigenvalue weighted by atomic mass is 9.84. The molecular weight excluding hydrogens is 237 g/mol. The smallest absolute Gasteiger partial charge is 0.369 e. The van der Waals surface area contributed by atoms with Crippen molar-refractivity contribution in [3.05, 3.63) is 0 Å². The van der Waals surface area contributed by atoms with Gasteiger partial charge in [-0.15, -0.1) is 0 Å². The van der Waals surface area contributed by atoms with Gasteiger partial charge in [-0.1, -0.05) is 0 Å². The summed E-state index contributed by atoms with van der Waals surface area (Å²) in [6, 6.07) is -0.750. The molecule has 0 aromatic rings. The van der Waals surface area contributed by atoms with Gasteiger partial charge in [0.2, 0.25) is 5.91 Å². The molecule has 7 heteroatoms. The Morgan fingerprint density at radius 3 is 2.29 bits per heavy atom. The Bertz CT molecular complexity index is 356. The first kappa shape index (κ1) is 12.2. The van der Waals surface area contributed by atoms with E-state index in [0.29, 0.717) is 6.42 Å². The number of halogens is 3. The van der Waals surface area contributed by atoms with Crippen LogP contribution in [-0.4, -0.2) is 24.0 Å². The van der Waals surface area contributed by atoms with Crippen molar-refractivity contribution in [1.29, 1.82) is 0 Å². The molecule has 2 bridgehead atoms. The molecule has 0 spiro atoms. The van der Waals surface area contributed by atoms with Crippen LogP contribution in [0.4, 0.5) is 13.2 Å². The van der Waals surface area contributed by atoms with E-state index in [9.17, 15) is 22.8 Å². The third-order valence-corrected chi connectivity index (χ3v) is 3.80. The van der Waals surface area contributed by atoms with Crippen molar-refractivity contribution in [2.75, 3.05) is 0 Å². The van der Waals surface area contributed by atoms with Gasteiger partial charge < -0.3 is 11.1 Å². The van der Waals surface area contributed by atoms with Crippen molar-refractivity contribution in [1.82, 2.24) is 5.32 Å². The van der Waals surface area contributed by atoms with Crippen molar-refractivity contribution >= 4 is 11.8 Å². The average molecular weight is 250 g/mol. The van der Waals surface area contributed by atoms with E-state index in [4.69, 9.17) is 5.73 Å². The van der Waals surface area contributed by atoms with Crippen LogP contribution in [-0.2, 0) is 9.59 Å². The van der Waals surface area contributed by atoms with Gasteiger partial charge in [0.25, 0.3) is 0 Å². The molecule has 0 heterocycles. The molecule has 2 aliphatic rings. The summed E-state index contributed by atoms with van der Waals surface area (Å²) >= 11 is 0. The molecular formula is C10H13F3N2O2. The SMILES string of the molecule is NC(=O)C1C2CCC(C2)C1NC(=O)C(F)(F)F. The van der Waals surface area contributed by atoms with Crippen molar-refractivity contribution < 1.29 is 22.8 Å². The zero-order chi connectivity index (χ0) is 12.8. The molecule has 0 saturated heterocycles. The Labute approximate surface area is 95.7 Å². The molecule has 0 aromatic heterocycles. The van der Waals surface area contributed by atoms with Gasteiger partial charge in [-0.2, -0.15) is 13.2 Å². The fourth-order valence-electron chi connectivity index (χ4n) is 3.14. The minimum atomic E-state index is -4.91. The Morgan fingerprint density at radius 2 is 1.76 bits per heavy atom. The molecule has 2 aliphatic carbocycles. The number of primary amides is 1. The van der Waals surface area contributed by atoms with Gasteiger partial charge in [0.05, 0.1) is 5.92 Å². The van der Waals surface area contributed by atoms with Gasteiger partial charge in [0.1, 0.15) is 0 Å². The van der Waals surface area contributed by atoms with E-state index >= 15 is 0 Å². The number of amides is 2. The van der Waals surface area contributed by atoms with E-state index in [1.165, 1.54) is 0 Å². The number of nitrogens with two attached hydrogens (primary N) is 1. The first-order valence-electron chi connectivity index (χ1n) is 5.47. The fourth-order valence-corrected chi connectivity index (χ4v) is 3.14. The number of hydrogen-bond acceptors (Lipinski definition) is 2. The number of hydrogen-bond donors (Lipinski definition) is 2. The molecule has 2 saturated carbocycles. The number of nitrogens with one attached hydrogen (secondary N) is 1. The van der Waals surface area contributed by atoms with Crippen LogP contribution in [0.2, 0.25) is 0 Å². The van der Waals surface area contributed by atoms with Crippen molar-refractivity contribution in [2.24, 2.45) is 23.5 Å². The second-order valence-corrected chi connectivity index (χ2v) is 4.76. The normalized spacial score (nSPS) is 35.9. The van der Waals surface area contributed by atoms with Crippen LogP contribution in [0.1, 0.15) is 19.3 Å². The van der Waals surface area contributed by atoms with E-state index in [2.05, 4.69) is 0 Å². The summed E-state index contributed by atoms with van der Waals surface area (Å²) in [5.41, 5.74) is 5.19. The highest BCUT2D eigenvalue weighted by Gasteiger charge is 2.52. The Morgan fingerprint density at radius 1 is 1.18 bits per heavy atom. The third-order valence-electron chi connectivity index (χ3n) is 3.80. The molecule has 2 fully saturated rings. The van der Waals surface area contributed by atoms with Crippen LogP contribution >= 0.6 is 0 Å². The van der Waals surface area contributed by atoms with Crippen LogP contribution in [0.5, 0.6) is 0 Å². The summed E-state index contributed by atoms with van der Waals surface area (Å²) in [7, 11) is 0. The average Bonchev–Trinajstić information content (AvgIpc) is 2.75. The Hall–Kier alpha value is -1.27. The summed E-state index contributed by atoms with van der Waals surface area (Å²) < 4.78 is 36.4. The topological polar surface area (TPSA) is 72.2 Å². The molecule has 4 nitrogen and oxygen atoms in total. The molecule has 3 N–H and O–H groups in total. The van der Waals surface area contributed by atoms with E-state index in [1.54, 1.807) is 0 Å². The number of carbonyl (C=O) groups excluding carboxylic acids is 2. The highest BCUT2D eigenvalue weighted by atomic mass is 19.4. The minimum absolute atomic E-state index is 0.0241.